The lowest BCUT2D eigenvalue weighted by atomic mass is 10.0. The monoisotopic (exact) mass is 341 g/mol. The number of rotatable bonds is 4. The third-order valence-corrected chi connectivity index (χ3v) is 4.06. The van der Waals surface area contributed by atoms with Crippen LogP contribution in [-0.2, 0) is 0 Å². The molecular weight excluding hydrogens is 326 g/mol. The molecule has 122 valence electrons. The second kappa shape index (κ2) is 6.49. The Kier molecular flexibility index (Phi) is 4.40. The maximum atomic E-state index is 11.9. The Labute approximate surface area is 145 Å². The van der Waals surface area contributed by atoms with Gasteiger partial charge in [0.1, 0.15) is 11.5 Å². The molecular formula is C19H16ClNO3. The molecule has 1 aromatic heterocycles. The highest BCUT2D eigenvalue weighted by Gasteiger charge is 2.15. The third-order valence-electron chi connectivity index (χ3n) is 3.86. The number of halogens is 1. The molecule has 0 atom stereocenters. The number of pyridine rings is 1. The summed E-state index contributed by atoms with van der Waals surface area (Å²) >= 11 is 5.80. The third kappa shape index (κ3) is 2.93. The minimum atomic E-state index is -0.517. The van der Waals surface area contributed by atoms with Crippen LogP contribution in [-0.4, -0.2) is 24.4 Å². The first-order valence-electron chi connectivity index (χ1n) is 7.37. The van der Waals surface area contributed by atoms with E-state index in [1.54, 1.807) is 32.4 Å². The fourth-order valence-corrected chi connectivity index (χ4v) is 2.81. The van der Waals surface area contributed by atoms with Crippen molar-refractivity contribution in [3.05, 3.63) is 53.6 Å². The Bertz CT molecular complexity index is 937. The number of ether oxygens (including phenoxy) is 2. The van der Waals surface area contributed by atoms with Crippen LogP contribution in [0.3, 0.4) is 0 Å². The lowest BCUT2D eigenvalue weighted by Gasteiger charge is -2.12. The van der Waals surface area contributed by atoms with E-state index in [9.17, 15) is 4.79 Å². The number of aryl methyl sites for hydroxylation is 1. The summed E-state index contributed by atoms with van der Waals surface area (Å²) in [4.78, 5) is 16.6. The van der Waals surface area contributed by atoms with E-state index in [4.69, 9.17) is 21.1 Å². The molecule has 0 radical (unpaired) electrons. The van der Waals surface area contributed by atoms with Crippen molar-refractivity contribution >= 4 is 27.7 Å². The van der Waals surface area contributed by atoms with Crippen molar-refractivity contribution in [1.82, 2.24) is 4.98 Å². The van der Waals surface area contributed by atoms with Crippen LogP contribution in [0.4, 0.5) is 0 Å². The second-order valence-corrected chi connectivity index (χ2v) is 5.76. The largest absolute Gasteiger partial charge is 0.497 e. The quantitative estimate of drug-likeness (QED) is 0.650. The van der Waals surface area contributed by atoms with Gasteiger partial charge >= 0.3 is 0 Å². The molecule has 5 heteroatoms. The summed E-state index contributed by atoms with van der Waals surface area (Å²) in [6.07, 6.45) is 0. The molecule has 24 heavy (non-hydrogen) atoms. The first-order chi connectivity index (χ1) is 11.5. The van der Waals surface area contributed by atoms with E-state index in [0.29, 0.717) is 28.3 Å². The van der Waals surface area contributed by atoms with E-state index < -0.39 is 5.24 Å². The first kappa shape index (κ1) is 16.3. The molecule has 0 aliphatic carbocycles. The van der Waals surface area contributed by atoms with Gasteiger partial charge in [-0.15, -0.1) is 0 Å². The zero-order valence-electron chi connectivity index (χ0n) is 13.6. The van der Waals surface area contributed by atoms with E-state index in [-0.39, 0.29) is 0 Å². The van der Waals surface area contributed by atoms with E-state index >= 15 is 0 Å². The second-order valence-electron chi connectivity index (χ2n) is 5.42. The molecule has 0 saturated heterocycles. The normalized spacial score (nSPS) is 10.7. The fraction of sp³-hybridized carbons (Fsp3) is 0.158. The first-order valence-corrected chi connectivity index (χ1v) is 7.75. The fourth-order valence-electron chi connectivity index (χ4n) is 2.65. The standard InChI is InChI=1S/C19H16ClNO3/c1-11-4-6-16-13(8-11)14(19(20)22)10-17(21-16)15-9-12(23-2)5-7-18(15)24-3/h4-10H,1-3H3. The summed E-state index contributed by atoms with van der Waals surface area (Å²) in [5.41, 5.74) is 3.50. The van der Waals surface area contributed by atoms with Gasteiger partial charge in [-0.3, -0.25) is 4.79 Å². The number of hydrogen-bond acceptors (Lipinski definition) is 4. The van der Waals surface area contributed by atoms with Crippen molar-refractivity contribution in [2.45, 2.75) is 6.92 Å². The predicted octanol–water partition coefficient (Wildman–Crippen LogP) is 4.61. The van der Waals surface area contributed by atoms with Gasteiger partial charge in [-0.05, 0) is 54.9 Å². The molecule has 0 spiro atoms. The van der Waals surface area contributed by atoms with Crippen molar-refractivity contribution < 1.29 is 14.3 Å². The van der Waals surface area contributed by atoms with Gasteiger partial charge in [0.2, 0.25) is 0 Å². The van der Waals surface area contributed by atoms with Crippen LogP contribution in [0.1, 0.15) is 15.9 Å². The number of carbonyl (C=O) groups excluding carboxylic acids is 1. The zero-order valence-corrected chi connectivity index (χ0v) is 14.3. The lowest BCUT2D eigenvalue weighted by Crippen LogP contribution is -1.98. The average Bonchev–Trinajstić information content (AvgIpc) is 2.60. The van der Waals surface area contributed by atoms with Crippen LogP contribution < -0.4 is 9.47 Å². The van der Waals surface area contributed by atoms with Gasteiger partial charge in [-0.2, -0.15) is 0 Å². The summed E-state index contributed by atoms with van der Waals surface area (Å²) in [5, 5.41) is 0.219. The molecule has 0 aliphatic rings. The highest BCUT2D eigenvalue weighted by molar-refractivity contribution is 6.68. The summed E-state index contributed by atoms with van der Waals surface area (Å²) in [7, 11) is 3.18. The Morgan fingerprint density at radius 1 is 1.04 bits per heavy atom. The maximum absolute atomic E-state index is 11.9. The topological polar surface area (TPSA) is 48.4 Å². The summed E-state index contributed by atoms with van der Waals surface area (Å²) in [6, 6.07) is 12.9. The van der Waals surface area contributed by atoms with Crippen LogP contribution in [0.25, 0.3) is 22.2 Å². The van der Waals surface area contributed by atoms with Crippen molar-refractivity contribution in [2.75, 3.05) is 14.2 Å². The summed E-state index contributed by atoms with van der Waals surface area (Å²) in [5.74, 6) is 1.32. The Morgan fingerprint density at radius 2 is 1.83 bits per heavy atom. The molecule has 0 amide bonds. The average molecular weight is 342 g/mol. The molecule has 4 nitrogen and oxygen atoms in total. The van der Waals surface area contributed by atoms with Gasteiger partial charge in [0, 0.05) is 16.5 Å². The van der Waals surface area contributed by atoms with Crippen LogP contribution in [0.15, 0.2) is 42.5 Å². The highest BCUT2D eigenvalue weighted by Crippen LogP contribution is 2.34. The van der Waals surface area contributed by atoms with Crippen LogP contribution >= 0.6 is 11.6 Å². The van der Waals surface area contributed by atoms with Crippen LogP contribution in [0, 0.1) is 6.92 Å². The number of methoxy groups -OCH3 is 2. The smallest absolute Gasteiger partial charge is 0.253 e. The number of benzene rings is 2. The minimum Gasteiger partial charge on any atom is -0.497 e. The van der Waals surface area contributed by atoms with E-state index in [2.05, 4.69) is 4.98 Å². The predicted molar refractivity (Wildman–Crippen MR) is 95.2 cm³/mol. The summed E-state index contributed by atoms with van der Waals surface area (Å²) < 4.78 is 10.7. The number of hydrogen-bond donors (Lipinski definition) is 0. The van der Waals surface area contributed by atoms with Crippen molar-refractivity contribution in [2.24, 2.45) is 0 Å². The molecule has 3 aromatic rings. The maximum Gasteiger partial charge on any atom is 0.253 e. The number of carbonyl (C=O) groups is 1. The minimum absolute atomic E-state index is 0.422. The molecule has 0 fully saturated rings. The van der Waals surface area contributed by atoms with E-state index in [1.165, 1.54) is 0 Å². The van der Waals surface area contributed by atoms with Crippen molar-refractivity contribution in [3.63, 3.8) is 0 Å². The Morgan fingerprint density at radius 3 is 2.50 bits per heavy atom. The van der Waals surface area contributed by atoms with Gasteiger partial charge in [-0.25, -0.2) is 4.98 Å². The molecule has 3 rings (SSSR count). The number of nitrogens with zero attached hydrogens (tertiary/aromatic N) is 1. The van der Waals surface area contributed by atoms with Crippen molar-refractivity contribution in [3.8, 4) is 22.8 Å². The molecule has 2 aromatic carbocycles. The number of aromatic nitrogens is 1. The van der Waals surface area contributed by atoms with Crippen LogP contribution in [0.5, 0.6) is 11.5 Å². The molecule has 1 heterocycles. The molecule has 0 unspecified atom stereocenters. The molecule has 0 bridgehead atoms. The van der Waals surface area contributed by atoms with E-state index in [0.717, 1.165) is 16.5 Å². The Hall–Kier alpha value is -2.59. The van der Waals surface area contributed by atoms with Crippen molar-refractivity contribution in [1.29, 1.82) is 0 Å². The molecule has 0 N–H and O–H groups in total. The van der Waals surface area contributed by atoms with Crippen LogP contribution in [0.2, 0.25) is 0 Å². The lowest BCUT2D eigenvalue weighted by molar-refractivity contribution is 0.108. The van der Waals surface area contributed by atoms with Gasteiger partial charge in [0.25, 0.3) is 5.24 Å². The summed E-state index contributed by atoms with van der Waals surface area (Å²) in [6.45, 7) is 1.96. The molecule has 0 aliphatic heterocycles. The SMILES string of the molecule is COc1ccc(OC)c(-c2cc(C(=O)Cl)c3cc(C)ccc3n2)c1. The number of fused-ring (bicyclic) bond motifs is 1. The van der Waals surface area contributed by atoms with Gasteiger partial charge in [0.15, 0.2) is 0 Å². The highest BCUT2D eigenvalue weighted by atomic mass is 35.5. The molecule has 0 saturated carbocycles. The van der Waals surface area contributed by atoms with Gasteiger partial charge in [0.05, 0.1) is 25.4 Å². The van der Waals surface area contributed by atoms with Gasteiger partial charge in [-0.1, -0.05) is 11.6 Å². The zero-order chi connectivity index (χ0) is 17.3. The van der Waals surface area contributed by atoms with E-state index in [1.807, 2.05) is 31.2 Å². The van der Waals surface area contributed by atoms with Gasteiger partial charge < -0.3 is 9.47 Å². The Balaban J connectivity index is 2.31.